The lowest BCUT2D eigenvalue weighted by atomic mass is 9.99. The van der Waals surface area contributed by atoms with Gasteiger partial charge in [0.15, 0.2) is 0 Å². The highest BCUT2D eigenvalue weighted by Crippen LogP contribution is 2.28. The van der Waals surface area contributed by atoms with Crippen LogP contribution in [0.5, 0.6) is 0 Å². The summed E-state index contributed by atoms with van der Waals surface area (Å²) in [6, 6.07) is 15.0. The van der Waals surface area contributed by atoms with Crippen LogP contribution in [0, 0.1) is 11.3 Å². The van der Waals surface area contributed by atoms with Crippen LogP contribution in [0.25, 0.3) is 0 Å². The Morgan fingerprint density at radius 1 is 1.00 bits per heavy atom. The first-order valence-electron chi connectivity index (χ1n) is 9.15. The lowest BCUT2D eigenvalue weighted by Crippen LogP contribution is -2.32. The molecule has 4 rings (SSSR count). The fourth-order valence-electron chi connectivity index (χ4n) is 3.76. The van der Waals surface area contributed by atoms with Gasteiger partial charge in [0, 0.05) is 49.3 Å². The smallest absolute Gasteiger partial charge is 0.128 e. The van der Waals surface area contributed by atoms with Gasteiger partial charge < -0.3 is 15.1 Å². The monoisotopic (exact) mass is 334 g/mol. The summed E-state index contributed by atoms with van der Waals surface area (Å²) in [7, 11) is 1.97. The van der Waals surface area contributed by atoms with Crippen LogP contribution in [0.4, 0.5) is 17.1 Å². The zero-order chi connectivity index (χ0) is 17.4. The van der Waals surface area contributed by atoms with Crippen LogP contribution >= 0.6 is 0 Å². The molecule has 25 heavy (non-hydrogen) atoms. The molecule has 0 saturated carbocycles. The SMILES string of the molecule is CC1CCN(c2ccc(Nc3ccc4c(c3)CN(C)C4=N)cc2)CC1. The van der Waals surface area contributed by atoms with Crippen molar-refractivity contribution in [2.45, 2.75) is 26.3 Å². The van der Waals surface area contributed by atoms with Crippen molar-refractivity contribution in [1.29, 1.82) is 5.41 Å². The minimum Gasteiger partial charge on any atom is -0.372 e. The molecular weight excluding hydrogens is 308 g/mol. The Balaban J connectivity index is 1.45. The van der Waals surface area contributed by atoms with Gasteiger partial charge in [-0.15, -0.1) is 0 Å². The summed E-state index contributed by atoms with van der Waals surface area (Å²) >= 11 is 0. The second-order valence-corrected chi connectivity index (χ2v) is 7.42. The van der Waals surface area contributed by atoms with Gasteiger partial charge in [-0.05, 0) is 66.8 Å². The molecule has 0 aliphatic carbocycles. The Morgan fingerprint density at radius 2 is 1.68 bits per heavy atom. The molecule has 0 amide bonds. The minimum absolute atomic E-state index is 0.613. The van der Waals surface area contributed by atoms with E-state index in [0.717, 1.165) is 42.5 Å². The van der Waals surface area contributed by atoms with Gasteiger partial charge in [-0.25, -0.2) is 0 Å². The molecule has 0 atom stereocenters. The maximum atomic E-state index is 8.06. The summed E-state index contributed by atoms with van der Waals surface area (Å²) in [4.78, 5) is 4.46. The molecule has 0 aromatic heterocycles. The Bertz CT molecular complexity index is 773. The zero-order valence-corrected chi connectivity index (χ0v) is 15.0. The molecule has 2 aliphatic heterocycles. The summed E-state index contributed by atoms with van der Waals surface area (Å²) in [6.45, 7) is 5.49. The fourth-order valence-corrected chi connectivity index (χ4v) is 3.76. The topological polar surface area (TPSA) is 42.4 Å². The number of hydrogen-bond donors (Lipinski definition) is 2. The van der Waals surface area contributed by atoms with E-state index in [2.05, 4.69) is 53.5 Å². The van der Waals surface area contributed by atoms with Gasteiger partial charge in [0.2, 0.25) is 0 Å². The number of anilines is 3. The van der Waals surface area contributed by atoms with Crippen LogP contribution in [0.15, 0.2) is 42.5 Å². The maximum Gasteiger partial charge on any atom is 0.128 e. The maximum absolute atomic E-state index is 8.06. The van der Waals surface area contributed by atoms with E-state index in [1.807, 2.05) is 18.0 Å². The van der Waals surface area contributed by atoms with Crippen molar-refractivity contribution in [2.75, 3.05) is 30.4 Å². The van der Waals surface area contributed by atoms with Gasteiger partial charge in [0.1, 0.15) is 5.84 Å². The molecule has 2 aliphatic rings. The summed E-state index contributed by atoms with van der Waals surface area (Å²) in [5.41, 5.74) is 5.78. The molecular formula is C21H26N4. The van der Waals surface area contributed by atoms with E-state index >= 15 is 0 Å². The molecule has 0 spiro atoms. The number of fused-ring (bicyclic) bond motifs is 1. The molecule has 0 bridgehead atoms. The Kier molecular flexibility index (Phi) is 4.12. The number of benzene rings is 2. The minimum atomic E-state index is 0.613. The molecule has 130 valence electrons. The first-order chi connectivity index (χ1) is 12.1. The lowest BCUT2D eigenvalue weighted by molar-refractivity contribution is 0.438. The Morgan fingerprint density at radius 3 is 2.40 bits per heavy atom. The summed E-state index contributed by atoms with van der Waals surface area (Å²) in [5.74, 6) is 1.47. The van der Waals surface area contributed by atoms with E-state index in [9.17, 15) is 0 Å². The van der Waals surface area contributed by atoms with E-state index in [-0.39, 0.29) is 0 Å². The Hall–Kier alpha value is -2.49. The van der Waals surface area contributed by atoms with Gasteiger partial charge >= 0.3 is 0 Å². The van der Waals surface area contributed by atoms with Crippen molar-refractivity contribution in [1.82, 2.24) is 4.90 Å². The number of hydrogen-bond acceptors (Lipinski definition) is 3. The van der Waals surface area contributed by atoms with E-state index in [0.29, 0.717) is 5.84 Å². The molecule has 0 radical (unpaired) electrons. The highest BCUT2D eigenvalue weighted by atomic mass is 15.2. The van der Waals surface area contributed by atoms with Crippen molar-refractivity contribution >= 4 is 22.9 Å². The highest BCUT2D eigenvalue weighted by Gasteiger charge is 2.21. The average molecular weight is 334 g/mol. The summed E-state index contributed by atoms with van der Waals surface area (Å²) in [5, 5.41) is 11.6. The highest BCUT2D eigenvalue weighted by molar-refractivity contribution is 6.00. The van der Waals surface area contributed by atoms with Crippen LogP contribution < -0.4 is 10.2 Å². The van der Waals surface area contributed by atoms with Crippen molar-refractivity contribution < 1.29 is 0 Å². The van der Waals surface area contributed by atoms with Crippen LogP contribution in [0.3, 0.4) is 0 Å². The van der Waals surface area contributed by atoms with Gasteiger partial charge in [-0.2, -0.15) is 0 Å². The molecule has 1 fully saturated rings. The van der Waals surface area contributed by atoms with Gasteiger partial charge in [-0.3, -0.25) is 5.41 Å². The largest absolute Gasteiger partial charge is 0.372 e. The van der Waals surface area contributed by atoms with Crippen LogP contribution in [0.1, 0.15) is 30.9 Å². The fraction of sp³-hybridized carbons (Fsp3) is 0.381. The third-order valence-corrected chi connectivity index (χ3v) is 5.45. The van der Waals surface area contributed by atoms with E-state index in [4.69, 9.17) is 5.41 Å². The molecule has 1 saturated heterocycles. The predicted molar refractivity (Wildman–Crippen MR) is 105 cm³/mol. The van der Waals surface area contributed by atoms with E-state index < -0.39 is 0 Å². The lowest BCUT2D eigenvalue weighted by Gasteiger charge is -2.32. The van der Waals surface area contributed by atoms with Crippen molar-refractivity contribution in [3.05, 3.63) is 53.6 Å². The standard InChI is InChI=1S/C21H26N4/c1-15-9-11-25(12-10-15)19-6-3-17(4-7-19)23-18-5-8-20-16(13-18)14-24(2)21(20)22/h3-8,13,15,22-23H,9-12,14H2,1-2H3. The van der Waals surface area contributed by atoms with E-state index in [1.54, 1.807) is 0 Å². The predicted octanol–water partition coefficient (Wildman–Crippen LogP) is 4.44. The van der Waals surface area contributed by atoms with Crippen molar-refractivity contribution in [2.24, 2.45) is 5.92 Å². The van der Waals surface area contributed by atoms with E-state index in [1.165, 1.54) is 24.1 Å². The molecule has 2 aromatic rings. The summed E-state index contributed by atoms with van der Waals surface area (Å²) < 4.78 is 0. The van der Waals surface area contributed by atoms with Gasteiger partial charge in [-0.1, -0.05) is 6.92 Å². The number of nitrogens with zero attached hydrogens (tertiary/aromatic N) is 2. The van der Waals surface area contributed by atoms with Crippen molar-refractivity contribution in [3.63, 3.8) is 0 Å². The molecule has 4 heteroatoms. The normalized spacial score (nSPS) is 17.8. The van der Waals surface area contributed by atoms with Gasteiger partial charge in [0.25, 0.3) is 0 Å². The Labute approximate surface area is 150 Å². The van der Waals surface area contributed by atoms with Crippen LogP contribution in [-0.4, -0.2) is 30.9 Å². The molecule has 2 heterocycles. The van der Waals surface area contributed by atoms with Crippen LogP contribution in [0.2, 0.25) is 0 Å². The summed E-state index contributed by atoms with van der Waals surface area (Å²) in [6.07, 6.45) is 2.58. The molecule has 2 N–H and O–H groups in total. The second kappa shape index (κ2) is 6.43. The number of piperidine rings is 1. The number of amidine groups is 1. The average Bonchev–Trinajstić information content (AvgIpc) is 2.90. The number of rotatable bonds is 3. The molecule has 4 nitrogen and oxygen atoms in total. The third-order valence-electron chi connectivity index (χ3n) is 5.45. The first-order valence-corrected chi connectivity index (χ1v) is 9.15. The first kappa shape index (κ1) is 16.0. The molecule has 2 aromatic carbocycles. The zero-order valence-electron chi connectivity index (χ0n) is 15.0. The van der Waals surface area contributed by atoms with Crippen LogP contribution in [-0.2, 0) is 6.54 Å². The molecule has 0 unspecified atom stereocenters. The second-order valence-electron chi connectivity index (χ2n) is 7.42. The number of nitrogens with one attached hydrogen (secondary N) is 2. The quantitative estimate of drug-likeness (QED) is 0.872. The third kappa shape index (κ3) is 3.21. The van der Waals surface area contributed by atoms with Gasteiger partial charge in [0.05, 0.1) is 0 Å². The van der Waals surface area contributed by atoms with Crippen molar-refractivity contribution in [3.8, 4) is 0 Å².